The van der Waals surface area contributed by atoms with Crippen molar-refractivity contribution in [1.29, 1.82) is 0 Å². The molecule has 2 fully saturated rings. The lowest BCUT2D eigenvalue weighted by molar-refractivity contribution is -0.142. The molecular weight excluding hydrogens is 382 g/mol. The Hall–Kier alpha value is -2.13. The summed E-state index contributed by atoms with van der Waals surface area (Å²) in [6, 6.07) is 6.43. The molecule has 0 saturated carbocycles. The number of piperazine rings is 1. The highest BCUT2D eigenvalue weighted by molar-refractivity contribution is 7.92. The van der Waals surface area contributed by atoms with Crippen molar-refractivity contribution < 1.29 is 24.2 Å². The van der Waals surface area contributed by atoms with Crippen LogP contribution < -0.4 is 4.72 Å². The third kappa shape index (κ3) is 5.02. The molecule has 2 heterocycles. The van der Waals surface area contributed by atoms with Crippen molar-refractivity contribution in [2.75, 3.05) is 43.3 Å². The predicted molar refractivity (Wildman–Crippen MR) is 108 cm³/mol. The van der Waals surface area contributed by atoms with Crippen molar-refractivity contribution in [3.63, 3.8) is 0 Å². The highest BCUT2D eigenvalue weighted by Gasteiger charge is 2.31. The molecule has 1 N–H and O–H groups in total. The quantitative estimate of drug-likeness (QED) is 0.766. The molecule has 3 rings (SSSR count). The van der Waals surface area contributed by atoms with E-state index in [-0.39, 0.29) is 25.1 Å². The smallest absolute Gasteiger partial charge is 0.253 e. The van der Waals surface area contributed by atoms with E-state index in [0.717, 1.165) is 12.8 Å². The number of hydrogen-bond acceptors (Lipinski definition) is 5. The zero-order chi connectivity index (χ0) is 20.1. The molecular formula is C19H29N3O5S. The van der Waals surface area contributed by atoms with Crippen molar-refractivity contribution in [1.82, 2.24) is 9.80 Å². The average Bonchev–Trinajstić information content (AvgIpc) is 3.22. The molecule has 1 atom stereocenters. The SMILES string of the molecule is CCCS(=O)(=O)Nc1ccc(C(=O)N2CCN(C(=O)C3CCCO3)CC2)cc1.[HH]. The molecule has 0 bridgehead atoms. The number of rotatable bonds is 6. The topological polar surface area (TPSA) is 96.0 Å². The maximum Gasteiger partial charge on any atom is 0.253 e. The third-order valence-corrected chi connectivity index (χ3v) is 6.45. The molecule has 0 aliphatic carbocycles. The molecule has 0 aromatic heterocycles. The Morgan fingerprint density at radius 1 is 1.14 bits per heavy atom. The molecule has 9 heteroatoms. The second-order valence-corrected chi connectivity index (χ2v) is 8.96. The highest BCUT2D eigenvalue weighted by Crippen LogP contribution is 2.18. The van der Waals surface area contributed by atoms with Gasteiger partial charge in [-0.25, -0.2) is 8.42 Å². The fourth-order valence-corrected chi connectivity index (χ4v) is 4.60. The van der Waals surface area contributed by atoms with Gasteiger partial charge in [-0.2, -0.15) is 0 Å². The summed E-state index contributed by atoms with van der Waals surface area (Å²) in [4.78, 5) is 28.6. The number of amides is 2. The molecule has 2 amide bonds. The van der Waals surface area contributed by atoms with Gasteiger partial charge in [-0.05, 0) is 43.5 Å². The summed E-state index contributed by atoms with van der Waals surface area (Å²) in [7, 11) is -3.35. The van der Waals surface area contributed by atoms with Crippen LogP contribution in [-0.4, -0.2) is 74.7 Å². The van der Waals surface area contributed by atoms with Crippen LogP contribution in [0.4, 0.5) is 5.69 Å². The number of benzene rings is 1. The summed E-state index contributed by atoms with van der Waals surface area (Å²) in [6.45, 7) is 4.39. The number of nitrogens with one attached hydrogen (secondary N) is 1. The normalized spacial score (nSPS) is 20.2. The van der Waals surface area contributed by atoms with Crippen LogP contribution in [0.5, 0.6) is 0 Å². The van der Waals surface area contributed by atoms with Gasteiger partial charge in [0.15, 0.2) is 0 Å². The van der Waals surface area contributed by atoms with E-state index in [2.05, 4.69) is 4.72 Å². The summed E-state index contributed by atoms with van der Waals surface area (Å²) in [5.41, 5.74) is 0.939. The van der Waals surface area contributed by atoms with Gasteiger partial charge in [0, 0.05) is 45.5 Å². The second-order valence-electron chi connectivity index (χ2n) is 7.12. The van der Waals surface area contributed by atoms with Crippen LogP contribution in [0.2, 0.25) is 0 Å². The molecule has 0 radical (unpaired) electrons. The Morgan fingerprint density at radius 3 is 2.36 bits per heavy atom. The van der Waals surface area contributed by atoms with Crippen molar-refractivity contribution in [2.24, 2.45) is 0 Å². The highest BCUT2D eigenvalue weighted by atomic mass is 32.2. The molecule has 28 heavy (non-hydrogen) atoms. The van der Waals surface area contributed by atoms with E-state index in [1.807, 2.05) is 0 Å². The Balaban J connectivity index is 0.00000300. The summed E-state index contributed by atoms with van der Waals surface area (Å²) in [5.74, 6) is -0.0387. The number of sulfonamides is 1. The minimum Gasteiger partial charge on any atom is -0.368 e. The maximum absolute atomic E-state index is 12.7. The molecule has 1 unspecified atom stereocenters. The summed E-state index contributed by atoms with van der Waals surface area (Å²) >= 11 is 0. The molecule has 2 aliphatic heterocycles. The van der Waals surface area contributed by atoms with Crippen LogP contribution in [0.3, 0.4) is 0 Å². The van der Waals surface area contributed by atoms with Gasteiger partial charge in [-0.1, -0.05) is 6.92 Å². The lowest BCUT2D eigenvalue weighted by Gasteiger charge is -2.35. The van der Waals surface area contributed by atoms with Crippen LogP contribution in [0, 0.1) is 0 Å². The second kappa shape index (κ2) is 8.91. The largest absolute Gasteiger partial charge is 0.368 e. The van der Waals surface area contributed by atoms with Crippen molar-refractivity contribution in [3.8, 4) is 0 Å². The van der Waals surface area contributed by atoms with E-state index >= 15 is 0 Å². The predicted octanol–water partition coefficient (Wildman–Crippen LogP) is 1.55. The molecule has 8 nitrogen and oxygen atoms in total. The van der Waals surface area contributed by atoms with Crippen LogP contribution >= 0.6 is 0 Å². The zero-order valence-electron chi connectivity index (χ0n) is 16.1. The van der Waals surface area contributed by atoms with E-state index in [4.69, 9.17) is 4.74 Å². The minimum atomic E-state index is -3.35. The lowest BCUT2D eigenvalue weighted by Crippen LogP contribution is -2.52. The first-order valence-corrected chi connectivity index (χ1v) is 11.3. The Morgan fingerprint density at radius 2 is 1.79 bits per heavy atom. The van der Waals surface area contributed by atoms with Crippen molar-refractivity contribution >= 4 is 27.5 Å². The molecule has 1 aromatic carbocycles. The first-order valence-electron chi connectivity index (χ1n) is 9.70. The fourth-order valence-electron chi connectivity index (χ4n) is 3.47. The molecule has 2 saturated heterocycles. The van der Waals surface area contributed by atoms with Crippen LogP contribution in [0.15, 0.2) is 24.3 Å². The van der Waals surface area contributed by atoms with Gasteiger partial charge in [0.1, 0.15) is 6.10 Å². The zero-order valence-corrected chi connectivity index (χ0v) is 16.9. The van der Waals surface area contributed by atoms with E-state index in [0.29, 0.717) is 50.5 Å². The Kier molecular flexibility index (Phi) is 6.56. The van der Waals surface area contributed by atoms with E-state index < -0.39 is 10.0 Å². The number of nitrogens with zero attached hydrogens (tertiary/aromatic N) is 2. The fraction of sp³-hybridized carbons (Fsp3) is 0.579. The number of carbonyl (C=O) groups excluding carboxylic acids is 2. The van der Waals surface area contributed by atoms with Gasteiger partial charge in [0.2, 0.25) is 10.0 Å². The van der Waals surface area contributed by atoms with Gasteiger partial charge in [0.25, 0.3) is 11.8 Å². The van der Waals surface area contributed by atoms with Crippen LogP contribution in [-0.2, 0) is 19.6 Å². The van der Waals surface area contributed by atoms with Crippen LogP contribution in [0.25, 0.3) is 0 Å². The van der Waals surface area contributed by atoms with E-state index in [1.165, 1.54) is 0 Å². The lowest BCUT2D eigenvalue weighted by atomic mass is 10.1. The first kappa shape index (κ1) is 20.6. The number of carbonyl (C=O) groups is 2. The Labute approximate surface area is 167 Å². The average molecular weight is 412 g/mol. The van der Waals surface area contributed by atoms with Gasteiger partial charge < -0.3 is 14.5 Å². The number of ether oxygens (including phenoxy) is 1. The van der Waals surface area contributed by atoms with Gasteiger partial charge in [0.05, 0.1) is 5.75 Å². The van der Waals surface area contributed by atoms with E-state index in [9.17, 15) is 18.0 Å². The standard InChI is InChI=1S/C19H27N3O5S.H2/c1-2-14-28(25,26)20-16-7-5-15(6-8-16)18(23)21-9-11-22(12-10-21)19(24)17-4-3-13-27-17;/h5-8,17,20H,2-4,9-14H2,1H3;1H. The van der Waals surface area contributed by atoms with Crippen molar-refractivity contribution in [3.05, 3.63) is 29.8 Å². The van der Waals surface area contributed by atoms with Gasteiger partial charge >= 0.3 is 0 Å². The third-order valence-electron chi connectivity index (χ3n) is 4.96. The molecule has 1 aromatic rings. The Bertz CT molecular complexity index is 802. The first-order chi connectivity index (χ1) is 13.4. The minimum absolute atomic E-state index is 0. The van der Waals surface area contributed by atoms with E-state index in [1.54, 1.807) is 41.0 Å². The molecule has 156 valence electrons. The van der Waals surface area contributed by atoms with Crippen LogP contribution in [0.1, 0.15) is 38.0 Å². The van der Waals surface area contributed by atoms with Gasteiger partial charge in [-0.15, -0.1) is 0 Å². The van der Waals surface area contributed by atoms with Gasteiger partial charge in [-0.3, -0.25) is 14.3 Å². The monoisotopic (exact) mass is 411 g/mol. The van der Waals surface area contributed by atoms with Crippen molar-refractivity contribution in [2.45, 2.75) is 32.3 Å². The molecule has 2 aliphatic rings. The number of anilines is 1. The summed E-state index contributed by atoms with van der Waals surface area (Å²) < 4.78 is 31.6. The number of hydrogen-bond donors (Lipinski definition) is 1. The maximum atomic E-state index is 12.7. The summed E-state index contributed by atoms with van der Waals surface area (Å²) in [6.07, 6.45) is 1.89. The summed E-state index contributed by atoms with van der Waals surface area (Å²) in [5, 5.41) is 0. The molecule has 0 spiro atoms.